The molecular weight excluding hydrogens is 470 g/mol. The first-order chi connectivity index (χ1) is 16.5. The average molecular weight is 489 g/mol. The summed E-state index contributed by atoms with van der Waals surface area (Å²) in [6, 6.07) is 6.83. The molecule has 4 rings (SSSR count). The third-order valence-electron chi connectivity index (χ3n) is 5.97. The Kier molecular flexibility index (Phi) is 6.27. The van der Waals surface area contributed by atoms with Crippen molar-refractivity contribution in [1.82, 2.24) is 10.2 Å². The number of aryl methyl sites for hydroxylation is 1. The van der Waals surface area contributed by atoms with E-state index in [1.807, 2.05) is 0 Å². The van der Waals surface area contributed by atoms with Crippen molar-refractivity contribution in [3.05, 3.63) is 70.0 Å². The van der Waals surface area contributed by atoms with Gasteiger partial charge >= 0.3 is 6.18 Å². The zero-order valence-corrected chi connectivity index (χ0v) is 18.4. The first kappa shape index (κ1) is 24.2. The number of alkyl halides is 3. The van der Waals surface area contributed by atoms with Crippen LogP contribution in [0.5, 0.6) is 0 Å². The summed E-state index contributed by atoms with van der Waals surface area (Å²) >= 11 is 0. The zero-order valence-electron chi connectivity index (χ0n) is 18.4. The number of imide groups is 1. The lowest BCUT2D eigenvalue weighted by Crippen LogP contribution is -2.52. The minimum atomic E-state index is -4.73. The molecule has 0 radical (unpaired) electrons. The van der Waals surface area contributed by atoms with Crippen LogP contribution in [0.1, 0.15) is 56.2 Å². The largest absolute Gasteiger partial charge is 0.400 e. The highest BCUT2D eigenvalue weighted by Gasteiger charge is 2.42. The van der Waals surface area contributed by atoms with Crippen LogP contribution in [0, 0.1) is 12.7 Å². The van der Waals surface area contributed by atoms with E-state index < -0.39 is 53.1 Å². The molecule has 7 nitrogen and oxygen atoms in total. The summed E-state index contributed by atoms with van der Waals surface area (Å²) in [4.78, 5) is 53.2. The first-order valence-corrected chi connectivity index (χ1v) is 10.6. The molecule has 2 aliphatic rings. The van der Waals surface area contributed by atoms with Crippen LogP contribution in [0.2, 0.25) is 0 Å². The molecule has 0 aromatic heterocycles. The Labute approximate surface area is 196 Å². The molecule has 182 valence electrons. The molecule has 0 spiro atoms. The standard InChI is InChI=1S/C24H19F4N3O4/c1-12-3-2-4-13(9-12)17(24(26,27)28)10-29-21(33)15-6-5-14-16(20(15)25)11-31(23(14)35)18-7-8-19(32)30-22(18)34/h2-6,9-10,17-18H,7-8,11H2,1H3,(H,30,32,34). The number of aliphatic imine (C=N–C) groups is 1. The van der Waals surface area contributed by atoms with Gasteiger partial charge in [0, 0.05) is 23.8 Å². The van der Waals surface area contributed by atoms with Crippen LogP contribution < -0.4 is 5.32 Å². The van der Waals surface area contributed by atoms with Crippen LogP contribution >= 0.6 is 0 Å². The van der Waals surface area contributed by atoms with Gasteiger partial charge in [0.1, 0.15) is 17.8 Å². The molecule has 1 N–H and O–H groups in total. The Bertz CT molecular complexity index is 1270. The number of carbonyl (C=O) groups excluding carboxylic acids is 4. The summed E-state index contributed by atoms with van der Waals surface area (Å²) in [6.07, 6.45) is -4.22. The van der Waals surface area contributed by atoms with Crippen molar-refractivity contribution >= 4 is 29.8 Å². The highest BCUT2D eigenvalue weighted by Crippen LogP contribution is 2.34. The van der Waals surface area contributed by atoms with Crippen molar-refractivity contribution < 1.29 is 36.7 Å². The van der Waals surface area contributed by atoms with E-state index in [9.17, 15) is 32.3 Å². The summed E-state index contributed by atoms with van der Waals surface area (Å²) in [5.41, 5.74) is -0.351. The second-order valence-electron chi connectivity index (χ2n) is 8.37. The molecular formula is C24H19F4N3O4. The maximum absolute atomic E-state index is 15.2. The lowest BCUT2D eigenvalue weighted by atomic mass is 9.98. The quantitative estimate of drug-likeness (QED) is 0.404. The number of hydrogen-bond acceptors (Lipinski definition) is 4. The van der Waals surface area contributed by atoms with Gasteiger partial charge in [0.2, 0.25) is 11.8 Å². The Morgan fingerprint density at radius 2 is 1.94 bits per heavy atom. The van der Waals surface area contributed by atoms with Crippen molar-refractivity contribution in [3.63, 3.8) is 0 Å². The van der Waals surface area contributed by atoms with Crippen molar-refractivity contribution in [2.24, 2.45) is 4.99 Å². The normalized spacial score (nSPS) is 19.2. The fourth-order valence-corrected chi connectivity index (χ4v) is 4.20. The molecule has 4 amide bonds. The molecule has 2 aromatic rings. The molecule has 2 aliphatic heterocycles. The van der Waals surface area contributed by atoms with E-state index in [0.717, 1.165) is 11.0 Å². The van der Waals surface area contributed by atoms with Gasteiger partial charge in [-0.25, -0.2) is 9.38 Å². The molecule has 1 saturated heterocycles. The molecule has 35 heavy (non-hydrogen) atoms. The number of piperidine rings is 1. The number of amides is 4. The Morgan fingerprint density at radius 3 is 2.60 bits per heavy atom. The highest BCUT2D eigenvalue weighted by molar-refractivity contribution is 6.06. The number of nitrogens with one attached hydrogen (secondary N) is 1. The van der Waals surface area contributed by atoms with E-state index >= 15 is 4.39 Å². The van der Waals surface area contributed by atoms with Crippen LogP contribution in [-0.4, -0.2) is 47.0 Å². The average Bonchev–Trinajstić information content (AvgIpc) is 3.10. The number of benzene rings is 2. The SMILES string of the molecule is Cc1cccc(C(C=NC(=O)c2ccc3c(c2F)CN(C2CCC(=O)NC2=O)C3=O)C(F)(F)F)c1. The first-order valence-electron chi connectivity index (χ1n) is 10.6. The summed E-state index contributed by atoms with van der Waals surface area (Å²) in [5.74, 6) is -6.31. The van der Waals surface area contributed by atoms with Gasteiger partial charge in [0.15, 0.2) is 0 Å². The zero-order chi connectivity index (χ0) is 25.5. The van der Waals surface area contributed by atoms with Crippen LogP contribution in [0.3, 0.4) is 0 Å². The molecule has 0 saturated carbocycles. The number of rotatable bonds is 4. The number of halogens is 4. The highest BCUT2D eigenvalue weighted by atomic mass is 19.4. The molecule has 2 atom stereocenters. The molecule has 0 aliphatic carbocycles. The van der Waals surface area contributed by atoms with Crippen LogP contribution in [0.15, 0.2) is 41.4 Å². The van der Waals surface area contributed by atoms with Gasteiger partial charge in [-0.05, 0) is 31.0 Å². The number of hydrogen-bond donors (Lipinski definition) is 1. The fraction of sp³-hybridized carbons (Fsp3) is 0.292. The van der Waals surface area contributed by atoms with Crippen molar-refractivity contribution in [1.29, 1.82) is 0 Å². The minimum Gasteiger partial charge on any atom is -0.322 e. The molecule has 1 fully saturated rings. The fourth-order valence-electron chi connectivity index (χ4n) is 4.20. The van der Waals surface area contributed by atoms with Gasteiger partial charge in [0.25, 0.3) is 11.8 Å². The predicted molar refractivity (Wildman–Crippen MR) is 115 cm³/mol. The smallest absolute Gasteiger partial charge is 0.322 e. The molecule has 2 unspecified atom stereocenters. The van der Waals surface area contributed by atoms with E-state index in [-0.39, 0.29) is 36.1 Å². The van der Waals surface area contributed by atoms with Crippen LogP contribution in [0.4, 0.5) is 17.6 Å². The third kappa shape index (κ3) is 4.71. The van der Waals surface area contributed by atoms with Gasteiger partial charge < -0.3 is 4.90 Å². The van der Waals surface area contributed by atoms with Gasteiger partial charge in [-0.3, -0.25) is 24.5 Å². The number of carbonyl (C=O) groups is 4. The van der Waals surface area contributed by atoms with E-state index in [2.05, 4.69) is 10.3 Å². The number of nitrogens with zero attached hydrogens (tertiary/aromatic N) is 2. The second kappa shape index (κ2) is 9.05. The van der Waals surface area contributed by atoms with Crippen LogP contribution in [0.25, 0.3) is 0 Å². The number of fused-ring (bicyclic) bond motifs is 1. The third-order valence-corrected chi connectivity index (χ3v) is 5.97. The molecule has 0 bridgehead atoms. The van der Waals surface area contributed by atoms with Crippen LogP contribution in [-0.2, 0) is 16.1 Å². The Morgan fingerprint density at radius 1 is 1.20 bits per heavy atom. The molecule has 2 aromatic carbocycles. The van der Waals surface area contributed by atoms with E-state index in [0.29, 0.717) is 11.8 Å². The summed E-state index contributed by atoms with van der Waals surface area (Å²) in [7, 11) is 0. The minimum absolute atomic E-state index is 0.0127. The monoisotopic (exact) mass is 489 g/mol. The van der Waals surface area contributed by atoms with Crippen molar-refractivity contribution in [2.75, 3.05) is 0 Å². The summed E-state index contributed by atoms with van der Waals surface area (Å²) < 4.78 is 56.0. The molecule has 2 heterocycles. The van der Waals surface area contributed by atoms with E-state index in [4.69, 9.17) is 0 Å². The van der Waals surface area contributed by atoms with Gasteiger partial charge in [-0.2, -0.15) is 13.2 Å². The second-order valence-corrected chi connectivity index (χ2v) is 8.37. The summed E-state index contributed by atoms with van der Waals surface area (Å²) in [6.45, 7) is 1.30. The Hall–Kier alpha value is -3.89. The lowest BCUT2D eigenvalue weighted by molar-refractivity contribution is -0.137. The van der Waals surface area contributed by atoms with Crippen molar-refractivity contribution in [3.8, 4) is 0 Å². The maximum atomic E-state index is 15.2. The molecule has 11 heteroatoms. The van der Waals surface area contributed by atoms with Gasteiger partial charge in [-0.1, -0.05) is 29.8 Å². The maximum Gasteiger partial charge on any atom is 0.400 e. The topological polar surface area (TPSA) is 95.9 Å². The van der Waals surface area contributed by atoms with Gasteiger partial charge in [0.05, 0.1) is 12.1 Å². The van der Waals surface area contributed by atoms with Gasteiger partial charge in [-0.15, -0.1) is 0 Å². The van der Waals surface area contributed by atoms with E-state index in [1.54, 1.807) is 13.0 Å². The van der Waals surface area contributed by atoms with E-state index in [1.165, 1.54) is 24.3 Å². The lowest BCUT2D eigenvalue weighted by Gasteiger charge is -2.29. The van der Waals surface area contributed by atoms with Crippen molar-refractivity contribution in [2.45, 2.75) is 44.4 Å². The summed E-state index contributed by atoms with van der Waals surface area (Å²) in [5, 5.41) is 2.12. The Balaban J connectivity index is 1.59. The predicted octanol–water partition coefficient (Wildman–Crippen LogP) is 3.45.